The molecule has 0 heterocycles. The average Bonchev–Trinajstić information content (AvgIpc) is 2.43. The summed E-state index contributed by atoms with van der Waals surface area (Å²) in [5.74, 6) is 1.27. The molecule has 0 aliphatic carbocycles. The van der Waals surface area contributed by atoms with E-state index >= 15 is 0 Å². The Hall–Kier alpha value is -1.94. The fraction of sp³-hybridized carbons (Fsp3) is 0.235. The number of aryl methyl sites for hydroxylation is 2. The summed E-state index contributed by atoms with van der Waals surface area (Å²) in [6.45, 7) is 4.02. The van der Waals surface area contributed by atoms with Gasteiger partial charge in [-0.2, -0.15) is 0 Å². The van der Waals surface area contributed by atoms with E-state index in [0.29, 0.717) is 11.4 Å². The largest absolute Gasteiger partial charge is 0.398 e. The lowest BCUT2D eigenvalue weighted by Gasteiger charge is -2.07. The van der Waals surface area contributed by atoms with Crippen molar-refractivity contribution < 1.29 is 4.79 Å². The molecule has 0 spiro atoms. The van der Waals surface area contributed by atoms with Crippen LogP contribution in [0, 0.1) is 13.8 Å². The summed E-state index contributed by atoms with van der Waals surface area (Å²) in [5, 5.41) is 2.87. The van der Waals surface area contributed by atoms with Crippen LogP contribution in [-0.2, 0) is 10.5 Å². The number of hydrogen-bond donors (Lipinski definition) is 2. The van der Waals surface area contributed by atoms with E-state index < -0.39 is 0 Å². The molecule has 21 heavy (non-hydrogen) atoms. The van der Waals surface area contributed by atoms with Crippen molar-refractivity contribution in [3.05, 3.63) is 59.2 Å². The van der Waals surface area contributed by atoms with Gasteiger partial charge in [0.25, 0.3) is 0 Å². The van der Waals surface area contributed by atoms with Crippen LogP contribution in [0.1, 0.15) is 16.7 Å². The number of benzene rings is 2. The zero-order chi connectivity index (χ0) is 15.2. The Morgan fingerprint density at radius 2 is 2.00 bits per heavy atom. The molecule has 3 nitrogen and oxygen atoms in total. The summed E-state index contributed by atoms with van der Waals surface area (Å²) >= 11 is 1.61. The van der Waals surface area contributed by atoms with Gasteiger partial charge >= 0.3 is 0 Å². The van der Waals surface area contributed by atoms with Crippen LogP contribution in [0.15, 0.2) is 42.5 Å². The normalized spacial score (nSPS) is 10.4. The fourth-order valence-corrected chi connectivity index (χ4v) is 2.75. The number of anilines is 2. The van der Waals surface area contributed by atoms with E-state index in [4.69, 9.17) is 5.73 Å². The summed E-state index contributed by atoms with van der Waals surface area (Å²) < 4.78 is 0. The Morgan fingerprint density at radius 3 is 2.71 bits per heavy atom. The summed E-state index contributed by atoms with van der Waals surface area (Å²) in [4.78, 5) is 11.9. The SMILES string of the molecule is Cc1cccc(CSCC(=O)Nc2ccc(C)c(N)c2)c1. The molecule has 1 amide bonds. The minimum Gasteiger partial charge on any atom is -0.398 e. The lowest BCUT2D eigenvalue weighted by atomic mass is 10.2. The van der Waals surface area contributed by atoms with Crippen molar-refractivity contribution in [3.8, 4) is 0 Å². The van der Waals surface area contributed by atoms with E-state index in [-0.39, 0.29) is 5.91 Å². The van der Waals surface area contributed by atoms with Crippen molar-refractivity contribution in [2.45, 2.75) is 19.6 Å². The Balaban J connectivity index is 1.81. The number of amides is 1. The highest BCUT2D eigenvalue weighted by atomic mass is 32.2. The monoisotopic (exact) mass is 300 g/mol. The molecule has 2 rings (SSSR count). The van der Waals surface area contributed by atoms with Crippen LogP contribution in [0.5, 0.6) is 0 Å². The van der Waals surface area contributed by atoms with E-state index in [9.17, 15) is 4.79 Å². The van der Waals surface area contributed by atoms with Gasteiger partial charge in [0.2, 0.25) is 5.91 Å². The molecule has 2 aromatic rings. The van der Waals surface area contributed by atoms with Crippen molar-refractivity contribution in [1.82, 2.24) is 0 Å². The Morgan fingerprint density at radius 1 is 1.19 bits per heavy atom. The zero-order valence-electron chi connectivity index (χ0n) is 12.3. The van der Waals surface area contributed by atoms with Gasteiger partial charge in [-0.05, 0) is 37.1 Å². The van der Waals surface area contributed by atoms with Gasteiger partial charge in [-0.3, -0.25) is 4.79 Å². The summed E-state index contributed by atoms with van der Waals surface area (Å²) in [6, 6.07) is 13.9. The lowest BCUT2D eigenvalue weighted by molar-refractivity contribution is -0.113. The number of thioether (sulfide) groups is 1. The van der Waals surface area contributed by atoms with Crippen molar-refractivity contribution in [2.75, 3.05) is 16.8 Å². The molecule has 0 saturated carbocycles. The fourth-order valence-electron chi connectivity index (χ4n) is 1.98. The first kappa shape index (κ1) is 15.4. The second kappa shape index (κ2) is 7.18. The molecule has 0 atom stereocenters. The quantitative estimate of drug-likeness (QED) is 0.827. The number of rotatable bonds is 5. The molecule has 110 valence electrons. The van der Waals surface area contributed by atoms with Gasteiger partial charge in [-0.25, -0.2) is 0 Å². The van der Waals surface area contributed by atoms with E-state index in [1.165, 1.54) is 11.1 Å². The van der Waals surface area contributed by atoms with E-state index in [2.05, 4.69) is 30.4 Å². The van der Waals surface area contributed by atoms with Crippen LogP contribution >= 0.6 is 11.8 Å². The van der Waals surface area contributed by atoms with Crippen molar-refractivity contribution in [1.29, 1.82) is 0 Å². The van der Waals surface area contributed by atoms with E-state index in [1.807, 2.05) is 25.1 Å². The predicted octanol–water partition coefficient (Wildman–Crippen LogP) is 3.76. The van der Waals surface area contributed by atoms with Gasteiger partial charge in [0.1, 0.15) is 0 Å². The second-order valence-electron chi connectivity index (χ2n) is 5.10. The third-order valence-electron chi connectivity index (χ3n) is 3.15. The number of nitrogens with two attached hydrogens (primary N) is 1. The standard InChI is InChI=1S/C17H20N2OS/c1-12-4-3-5-14(8-12)10-21-11-17(20)19-15-7-6-13(2)16(18)9-15/h3-9H,10-11,18H2,1-2H3,(H,19,20). The number of nitrogen functional groups attached to an aromatic ring is 1. The highest BCUT2D eigenvalue weighted by Crippen LogP contribution is 2.18. The first-order chi connectivity index (χ1) is 10.0. The average molecular weight is 300 g/mol. The Labute approximate surface area is 129 Å². The van der Waals surface area contributed by atoms with Crippen LogP contribution < -0.4 is 11.1 Å². The van der Waals surface area contributed by atoms with Crippen LogP contribution in [-0.4, -0.2) is 11.7 Å². The van der Waals surface area contributed by atoms with E-state index in [0.717, 1.165) is 17.0 Å². The Bertz CT molecular complexity index is 640. The summed E-state index contributed by atoms with van der Waals surface area (Å²) in [7, 11) is 0. The lowest BCUT2D eigenvalue weighted by Crippen LogP contribution is -2.14. The molecule has 0 aliphatic heterocycles. The van der Waals surface area contributed by atoms with E-state index in [1.54, 1.807) is 17.8 Å². The van der Waals surface area contributed by atoms with Crippen molar-refractivity contribution in [3.63, 3.8) is 0 Å². The van der Waals surface area contributed by atoms with Crippen molar-refractivity contribution in [2.24, 2.45) is 0 Å². The van der Waals surface area contributed by atoms with Crippen LogP contribution in [0.2, 0.25) is 0 Å². The van der Waals surface area contributed by atoms with Gasteiger partial charge in [0.15, 0.2) is 0 Å². The van der Waals surface area contributed by atoms with Crippen LogP contribution in [0.3, 0.4) is 0 Å². The van der Waals surface area contributed by atoms with Crippen molar-refractivity contribution >= 4 is 29.0 Å². The third kappa shape index (κ3) is 4.83. The first-order valence-electron chi connectivity index (χ1n) is 6.84. The number of nitrogens with one attached hydrogen (secondary N) is 1. The summed E-state index contributed by atoms with van der Waals surface area (Å²) in [6.07, 6.45) is 0. The molecule has 3 N–H and O–H groups in total. The number of hydrogen-bond acceptors (Lipinski definition) is 3. The van der Waals surface area contributed by atoms with Crippen LogP contribution in [0.25, 0.3) is 0 Å². The molecule has 0 fully saturated rings. The van der Waals surface area contributed by atoms with Gasteiger partial charge in [-0.1, -0.05) is 35.9 Å². The molecule has 4 heteroatoms. The minimum absolute atomic E-state index is 0.00379. The van der Waals surface area contributed by atoms with Gasteiger partial charge in [0.05, 0.1) is 5.75 Å². The smallest absolute Gasteiger partial charge is 0.234 e. The zero-order valence-corrected chi connectivity index (χ0v) is 13.2. The molecule has 0 aromatic heterocycles. The highest BCUT2D eigenvalue weighted by molar-refractivity contribution is 7.99. The minimum atomic E-state index is -0.00379. The Kier molecular flexibility index (Phi) is 5.28. The summed E-state index contributed by atoms with van der Waals surface area (Å²) in [5.41, 5.74) is 10.8. The van der Waals surface area contributed by atoms with Gasteiger partial charge in [-0.15, -0.1) is 11.8 Å². The van der Waals surface area contributed by atoms with Gasteiger partial charge < -0.3 is 11.1 Å². The molecular weight excluding hydrogens is 280 g/mol. The first-order valence-corrected chi connectivity index (χ1v) is 7.99. The molecule has 0 saturated heterocycles. The predicted molar refractivity (Wildman–Crippen MR) is 91.6 cm³/mol. The number of carbonyl (C=O) groups is 1. The number of carbonyl (C=O) groups excluding carboxylic acids is 1. The molecule has 0 radical (unpaired) electrons. The second-order valence-corrected chi connectivity index (χ2v) is 6.09. The molecule has 0 aliphatic rings. The molecular formula is C17H20N2OS. The molecule has 0 unspecified atom stereocenters. The third-order valence-corrected chi connectivity index (χ3v) is 4.15. The van der Waals surface area contributed by atoms with Gasteiger partial charge in [0, 0.05) is 17.1 Å². The van der Waals surface area contributed by atoms with Crippen LogP contribution in [0.4, 0.5) is 11.4 Å². The topological polar surface area (TPSA) is 55.1 Å². The maximum atomic E-state index is 11.9. The molecule has 0 bridgehead atoms. The molecule has 2 aromatic carbocycles. The highest BCUT2D eigenvalue weighted by Gasteiger charge is 2.04. The maximum absolute atomic E-state index is 11.9. The maximum Gasteiger partial charge on any atom is 0.234 e.